The molecule has 3 heteroatoms. The average molecular weight is 283 g/mol. The molecule has 1 aliphatic rings. The molecule has 3 atom stereocenters. The Morgan fingerprint density at radius 2 is 1.95 bits per heavy atom. The van der Waals surface area contributed by atoms with Crippen LogP contribution >= 0.6 is 11.6 Å². The molecule has 1 fully saturated rings. The van der Waals surface area contributed by atoms with Gasteiger partial charge in [0.25, 0.3) is 0 Å². The Bertz CT molecular complexity index is 404. The van der Waals surface area contributed by atoms with Gasteiger partial charge in [-0.25, -0.2) is 0 Å². The van der Waals surface area contributed by atoms with E-state index in [1.165, 1.54) is 0 Å². The lowest BCUT2D eigenvalue weighted by Gasteiger charge is -2.43. The van der Waals surface area contributed by atoms with Crippen LogP contribution in [0.2, 0.25) is 5.02 Å². The van der Waals surface area contributed by atoms with E-state index in [0.717, 1.165) is 36.5 Å². The highest BCUT2D eigenvalue weighted by Gasteiger charge is 2.39. The van der Waals surface area contributed by atoms with Gasteiger partial charge in [-0.1, -0.05) is 44.0 Å². The van der Waals surface area contributed by atoms with Crippen LogP contribution in [0.15, 0.2) is 24.3 Å². The van der Waals surface area contributed by atoms with Gasteiger partial charge in [0.2, 0.25) is 0 Å². The molecule has 1 aromatic rings. The molecule has 2 nitrogen and oxygen atoms in total. The average Bonchev–Trinajstić information content (AvgIpc) is 2.40. The Morgan fingerprint density at radius 1 is 1.26 bits per heavy atom. The van der Waals surface area contributed by atoms with E-state index in [-0.39, 0.29) is 6.10 Å². The highest BCUT2D eigenvalue weighted by atomic mass is 35.5. The molecule has 0 unspecified atom stereocenters. The smallest absolute Gasteiger partial charge is 0.192 e. The van der Waals surface area contributed by atoms with Gasteiger partial charge in [0.05, 0.1) is 12.7 Å². The van der Waals surface area contributed by atoms with Crippen molar-refractivity contribution in [2.75, 3.05) is 6.61 Å². The molecular formula is C16H23ClO2. The molecule has 0 spiro atoms. The molecule has 0 aliphatic carbocycles. The van der Waals surface area contributed by atoms with Crippen molar-refractivity contribution in [2.45, 2.75) is 51.9 Å². The summed E-state index contributed by atoms with van der Waals surface area (Å²) in [5.74, 6) is -0.142. The number of rotatable bonds is 4. The van der Waals surface area contributed by atoms with Crippen LogP contribution in [0.4, 0.5) is 0 Å². The third-order valence-electron chi connectivity index (χ3n) is 3.94. The van der Waals surface area contributed by atoms with E-state index in [0.29, 0.717) is 5.92 Å². The maximum Gasteiger partial charge on any atom is 0.192 e. The predicted molar refractivity (Wildman–Crippen MR) is 78.3 cm³/mol. The summed E-state index contributed by atoms with van der Waals surface area (Å²) < 4.78 is 12.3. The number of halogens is 1. The third kappa shape index (κ3) is 3.31. The molecule has 0 aromatic heterocycles. The molecule has 19 heavy (non-hydrogen) atoms. The predicted octanol–water partition coefficient (Wildman–Crippen LogP) is 4.75. The fraction of sp³-hybridized carbons (Fsp3) is 0.625. The summed E-state index contributed by atoms with van der Waals surface area (Å²) in [6.07, 6.45) is 3.61. The van der Waals surface area contributed by atoms with Crippen molar-refractivity contribution < 1.29 is 9.47 Å². The SMILES string of the molecule is CCC[C@H]1O[C@](C)(c2ccc(Cl)cc2)OC[C@H]1CC. The van der Waals surface area contributed by atoms with Crippen LogP contribution in [-0.4, -0.2) is 12.7 Å². The second-order valence-corrected chi connectivity index (χ2v) is 5.81. The van der Waals surface area contributed by atoms with E-state index >= 15 is 0 Å². The first-order chi connectivity index (χ1) is 9.09. The maximum atomic E-state index is 6.28. The molecule has 0 bridgehead atoms. The van der Waals surface area contributed by atoms with Gasteiger partial charge in [0.15, 0.2) is 5.79 Å². The molecule has 1 heterocycles. The molecule has 0 amide bonds. The van der Waals surface area contributed by atoms with Crippen LogP contribution < -0.4 is 0 Å². The van der Waals surface area contributed by atoms with Crippen LogP contribution in [0.5, 0.6) is 0 Å². The van der Waals surface area contributed by atoms with E-state index < -0.39 is 5.79 Å². The third-order valence-corrected chi connectivity index (χ3v) is 4.19. The van der Waals surface area contributed by atoms with Crippen LogP contribution in [0.3, 0.4) is 0 Å². The van der Waals surface area contributed by atoms with Gasteiger partial charge in [-0.2, -0.15) is 0 Å². The molecule has 0 saturated carbocycles. The highest BCUT2D eigenvalue weighted by molar-refractivity contribution is 6.30. The number of hydrogen-bond acceptors (Lipinski definition) is 2. The lowest BCUT2D eigenvalue weighted by molar-refractivity contribution is -0.312. The fourth-order valence-corrected chi connectivity index (χ4v) is 2.78. The summed E-state index contributed by atoms with van der Waals surface area (Å²) in [6, 6.07) is 7.74. The highest BCUT2D eigenvalue weighted by Crippen LogP contribution is 2.37. The second kappa shape index (κ2) is 6.25. The molecule has 106 valence electrons. The molecular weight excluding hydrogens is 260 g/mol. The van der Waals surface area contributed by atoms with Crippen molar-refractivity contribution in [3.05, 3.63) is 34.9 Å². The van der Waals surface area contributed by atoms with E-state index in [4.69, 9.17) is 21.1 Å². The quantitative estimate of drug-likeness (QED) is 0.793. The summed E-state index contributed by atoms with van der Waals surface area (Å²) in [5, 5.41) is 0.736. The number of hydrogen-bond donors (Lipinski definition) is 0. The number of ether oxygens (including phenoxy) is 2. The molecule has 1 saturated heterocycles. The van der Waals surface area contributed by atoms with E-state index in [2.05, 4.69) is 13.8 Å². The Morgan fingerprint density at radius 3 is 2.53 bits per heavy atom. The Balaban J connectivity index is 2.17. The Kier molecular flexibility index (Phi) is 4.88. The normalized spacial score (nSPS) is 31.4. The monoisotopic (exact) mass is 282 g/mol. The summed E-state index contributed by atoms with van der Waals surface area (Å²) in [7, 11) is 0. The summed E-state index contributed by atoms with van der Waals surface area (Å²) in [5.41, 5.74) is 1.03. The van der Waals surface area contributed by atoms with Crippen LogP contribution in [0, 0.1) is 5.92 Å². The van der Waals surface area contributed by atoms with E-state index in [1.54, 1.807) is 0 Å². The van der Waals surface area contributed by atoms with Crippen molar-refractivity contribution >= 4 is 11.6 Å². The standard InChI is InChI=1S/C16H23ClO2/c1-4-6-15-12(5-2)11-18-16(3,19-15)13-7-9-14(17)10-8-13/h7-10,12,15H,4-6,11H2,1-3H3/t12-,15-,16-/m1/s1. The zero-order chi connectivity index (χ0) is 13.9. The Hall–Kier alpha value is -0.570. The van der Waals surface area contributed by atoms with Crippen molar-refractivity contribution in [2.24, 2.45) is 5.92 Å². The van der Waals surface area contributed by atoms with E-state index in [9.17, 15) is 0 Å². The van der Waals surface area contributed by atoms with Gasteiger partial charge >= 0.3 is 0 Å². The molecule has 0 radical (unpaired) electrons. The summed E-state index contributed by atoms with van der Waals surface area (Å²) >= 11 is 5.94. The van der Waals surface area contributed by atoms with Gasteiger partial charge in [-0.3, -0.25) is 0 Å². The van der Waals surface area contributed by atoms with Crippen LogP contribution in [0.25, 0.3) is 0 Å². The molecule has 0 N–H and O–H groups in total. The van der Waals surface area contributed by atoms with Gasteiger partial charge in [-0.05, 0) is 31.9 Å². The van der Waals surface area contributed by atoms with Crippen LogP contribution in [-0.2, 0) is 15.3 Å². The minimum Gasteiger partial charge on any atom is -0.346 e. The fourth-order valence-electron chi connectivity index (χ4n) is 2.66. The topological polar surface area (TPSA) is 18.5 Å². The van der Waals surface area contributed by atoms with Gasteiger partial charge < -0.3 is 9.47 Å². The molecule has 1 aromatic carbocycles. The van der Waals surface area contributed by atoms with Gasteiger partial charge in [0, 0.05) is 16.5 Å². The van der Waals surface area contributed by atoms with Crippen molar-refractivity contribution in [1.82, 2.24) is 0 Å². The minimum absolute atomic E-state index is 0.282. The van der Waals surface area contributed by atoms with Gasteiger partial charge in [0.1, 0.15) is 0 Å². The zero-order valence-corrected chi connectivity index (χ0v) is 12.7. The second-order valence-electron chi connectivity index (χ2n) is 5.38. The largest absolute Gasteiger partial charge is 0.346 e. The Labute approximate surface area is 121 Å². The molecule has 2 rings (SSSR count). The zero-order valence-electron chi connectivity index (χ0n) is 12.0. The molecule has 1 aliphatic heterocycles. The lowest BCUT2D eigenvalue weighted by atomic mass is 9.93. The first-order valence-corrected chi connectivity index (χ1v) is 7.54. The summed E-state index contributed by atoms with van der Waals surface area (Å²) in [6.45, 7) is 7.17. The van der Waals surface area contributed by atoms with Crippen molar-refractivity contribution in [3.63, 3.8) is 0 Å². The van der Waals surface area contributed by atoms with Crippen LogP contribution in [0.1, 0.15) is 45.6 Å². The maximum absolute atomic E-state index is 6.28. The van der Waals surface area contributed by atoms with Crippen molar-refractivity contribution in [3.8, 4) is 0 Å². The van der Waals surface area contributed by atoms with Crippen molar-refractivity contribution in [1.29, 1.82) is 0 Å². The lowest BCUT2D eigenvalue weighted by Crippen LogP contribution is -2.45. The number of benzene rings is 1. The van der Waals surface area contributed by atoms with E-state index in [1.807, 2.05) is 31.2 Å². The first kappa shape index (κ1) is 14.8. The first-order valence-electron chi connectivity index (χ1n) is 7.17. The minimum atomic E-state index is -0.643. The summed E-state index contributed by atoms with van der Waals surface area (Å²) in [4.78, 5) is 0. The van der Waals surface area contributed by atoms with Gasteiger partial charge in [-0.15, -0.1) is 0 Å².